The maximum atomic E-state index is 4.69. The van der Waals surface area contributed by atoms with E-state index in [0.717, 1.165) is 94.9 Å². The Labute approximate surface area is 347 Å². The third-order valence-corrected chi connectivity index (χ3v) is 10.1. The van der Waals surface area contributed by atoms with Crippen molar-refractivity contribution in [3.63, 3.8) is 0 Å². The number of aromatic nitrogens is 6. The molecule has 0 atom stereocenters. The van der Waals surface area contributed by atoms with E-state index in [1.165, 1.54) is 10.9 Å². The van der Waals surface area contributed by atoms with Gasteiger partial charge in [0, 0.05) is 77.1 Å². The quantitative estimate of drug-likeness (QED) is 0.160. The molecule has 7 heterocycles. The van der Waals surface area contributed by atoms with E-state index in [2.05, 4.69) is 95.6 Å². The van der Waals surface area contributed by atoms with Crippen molar-refractivity contribution in [2.45, 2.75) is 6.42 Å². The van der Waals surface area contributed by atoms with Crippen LogP contribution in [0, 0.1) is 0 Å². The van der Waals surface area contributed by atoms with E-state index in [-0.39, 0.29) is 19.8 Å². The van der Waals surface area contributed by atoms with Crippen molar-refractivity contribution in [3.8, 4) is 22.8 Å². The van der Waals surface area contributed by atoms with Crippen LogP contribution in [0.2, 0.25) is 0 Å². The number of nitrogens with zero attached hydrogens (tertiary/aromatic N) is 7. The normalized spacial score (nSPS) is 11.5. The SMILES string of the molecule is C1=Nc2c(c3cccnc3c3ncccc23)C1.[Os].c1ccc2nc(-c3ccc4ccccc4n3)ccc2c1.c1ccc2nc(-c3ccc4ccccc4n3)ccc2c1. The molecule has 276 valence electrons. The Balaban J connectivity index is 0.000000112. The van der Waals surface area contributed by atoms with Gasteiger partial charge in [0.1, 0.15) is 0 Å². The predicted molar refractivity (Wildman–Crippen MR) is 234 cm³/mol. The number of para-hydroxylation sites is 4. The fraction of sp³-hybridized carbons (Fsp3) is 0.0200. The van der Waals surface area contributed by atoms with Gasteiger partial charge in [0.05, 0.1) is 61.6 Å². The molecule has 0 N–H and O–H groups in total. The summed E-state index contributed by atoms with van der Waals surface area (Å²) >= 11 is 0. The summed E-state index contributed by atoms with van der Waals surface area (Å²) in [6, 6.07) is 57.1. The molecule has 0 saturated heterocycles. The van der Waals surface area contributed by atoms with Crippen LogP contribution >= 0.6 is 0 Å². The Hall–Kier alpha value is -7.13. The van der Waals surface area contributed by atoms with Crippen LogP contribution in [0.1, 0.15) is 5.56 Å². The van der Waals surface area contributed by atoms with Gasteiger partial charge in [-0.1, -0.05) is 103 Å². The maximum Gasteiger partial charge on any atom is 0.0986 e. The second-order valence-electron chi connectivity index (χ2n) is 13.7. The Bertz CT molecular complexity index is 3000. The molecule has 58 heavy (non-hydrogen) atoms. The number of benzene rings is 5. The Morgan fingerprint density at radius 2 is 0.707 bits per heavy atom. The topological polar surface area (TPSA) is 89.7 Å². The molecule has 11 aromatic rings. The van der Waals surface area contributed by atoms with E-state index in [1.807, 2.05) is 128 Å². The number of aliphatic imine (C=N–C) groups is 1. The monoisotopic (exact) mass is 923 g/mol. The van der Waals surface area contributed by atoms with Crippen LogP contribution in [0.5, 0.6) is 0 Å². The fourth-order valence-electron chi connectivity index (χ4n) is 7.33. The summed E-state index contributed by atoms with van der Waals surface area (Å²) in [5.41, 5.74) is 11.9. The minimum Gasteiger partial charge on any atom is -0.260 e. The van der Waals surface area contributed by atoms with Crippen LogP contribution in [-0.2, 0) is 26.2 Å². The third kappa shape index (κ3) is 7.18. The zero-order chi connectivity index (χ0) is 38.0. The first-order valence-corrected chi connectivity index (χ1v) is 18.9. The van der Waals surface area contributed by atoms with E-state index in [0.29, 0.717) is 0 Å². The first-order chi connectivity index (χ1) is 28.2. The Kier molecular flexibility index (Phi) is 10.2. The summed E-state index contributed by atoms with van der Waals surface area (Å²) in [6.07, 6.45) is 6.48. The molecular formula is C50H33N7Os. The standard InChI is InChI=1S/2C18H12N2.C14H9N3.Os/c2*1-3-7-15-13(5-1)9-11-17(19-15)18-12-10-14-6-2-4-8-16(14)20-18;1-3-9-10-5-8-17-12(10)11-4-2-7-16-14(11)13(9)15-6-1;/h2*1-12H;1-4,6-8H,5H2;. The van der Waals surface area contributed by atoms with Gasteiger partial charge in [0.2, 0.25) is 0 Å². The molecule has 6 aromatic heterocycles. The second-order valence-corrected chi connectivity index (χ2v) is 13.7. The van der Waals surface area contributed by atoms with E-state index in [9.17, 15) is 0 Å². The van der Waals surface area contributed by atoms with E-state index < -0.39 is 0 Å². The number of hydrogen-bond acceptors (Lipinski definition) is 7. The smallest absolute Gasteiger partial charge is 0.0986 e. The fourth-order valence-corrected chi connectivity index (χ4v) is 7.33. The van der Waals surface area contributed by atoms with E-state index in [1.54, 1.807) is 0 Å². The number of rotatable bonds is 2. The van der Waals surface area contributed by atoms with Crippen molar-refractivity contribution >= 4 is 77.3 Å². The van der Waals surface area contributed by atoms with Gasteiger partial charge in [0.15, 0.2) is 0 Å². The Morgan fingerprint density at radius 3 is 1.12 bits per heavy atom. The summed E-state index contributed by atoms with van der Waals surface area (Å²) < 4.78 is 0. The van der Waals surface area contributed by atoms with Crippen molar-refractivity contribution in [1.82, 2.24) is 29.9 Å². The minimum absolute atomic E-state index is 0. The molecule has 1 aliphatic rings. The molecule has 5 aromatic carbocycles. The van der Waals surface area contributed by atoms with Crippen molar-refractivity contribution in [1.29, 1.82) is 0 Å². The molecule has 8 heteroatoms. The van der Waals surface area contributed by atoms with Gasteiger partial charge < -0.3 is 0 Å². The molecule has 0 radical (unpaired) electrons. The van der Waals surface area contributed by atoms with Gasteiger partial charge in [-0.25, -0.2) is 19.9 Å². The largest absolute Gasteiger partial charge is 0.260 e. The number of fused-ring (bicyclic) bond motifs is 10. The molecule has 0 amide bonds. The first kappa shape index (κ1) is 36.5. The molecule has 12 rings (SSSR count). The molecular weight excluding hydrogens is 889 g/mol. The summed E-state index contributed by atoms with van der Waals surface area (Å²) in [4.78, 5) is 32.2. The van der Waals surface area contributed by atoms with Crippen LogP contribution in [0.3, 0.4) is 0 Å². The summed E-state index contributed by atoms with van der Waals surface area (Å²) in [7, 11) is 0. The molecule has 0 spiro atoms. The van der Waals surface area contributed by atoms with Gasteiger partial charge in [-0.15, -0.1) is 0 Å². The molecule has 1 aliphatic heterocycles. The maximum absolute atomic E-state index is 4.69. The summed E-state index contributed by atoms with van der Waals surface area (Å²) in [5, 5.41) is 6.87. The van der Waals surface area contributed by atoms with Crippen molar-refractivity contribution in [2.75, 3.05) is 0 Å². The number of pyridine rings is 6. The summed E-state index contributed by atoms with van der Waals surface area (Å²) in [5.74, 6) is 0. The zero-order valence-electron chi connectivity index (χ0n) is 31.1. The molecule has 0 unspecified atom stereocenters. The molecule has 0 bridgehead atoms. The van der Waals surface area contributed by atoms with Gasteiger partial charge in [-0.3, -0.25) is 15.0 Å². The van der Waals surface area contributed by atoms with E-state index in [4.69, 9.17) is 0 Å². The van der Waals surface area contributed by atoms with Gasteiger partial charge in [-0.05, 0) is 72.3 Å². The van der Waals surface area contributed by atoms with Crippen LogP contribution in [0.4, 0.5) is 5.69 Å². The third-order valence-electron chi connectivity index (χ3n) is 10.1. The van der Waals surface area contributed by atoms with Gasteiger partial charge >= 0.3 is 0 Å². The Morgan fingerprint density at radius 1 is 0.345 bits per heavy atom. The van der Waals surface area contributed by atoms with Crippen molar-refractivity contribution < 1.29 is 19.8 Å². The molecule has 0 saturated carbocycles. The van der Waals surface area contributed by atoms with Crippen molar-refractivity contribution in [2.24, 2.45) is 4.99 Å². The van der Waals surface area contributed by atoms with Gasteiger partial charge in [-0.2, -0.15) is 0 Å². The van der Waals surface area contributed by atoms with Crippen LogP contribution < -0.4 is 0 Å². The number of hydrogen-bond donors (Lipinski definition) is 0. The van der Waals surface area contributed by atoms with E-state index >= 15 is 0 Å². The second kappa shape index (κ2) is 16.2. The molecule has 0 aliphatic carbocycles. The van der Waals surface area contributed by atoms with Crippen LogP contribution in [0.15, 0.2) is 187 Å². The summed E-state index contributed by atoms with van der Waals surface area (Å²) in [6.45, 7) is 0. The molecule has 0 fully saturated rings. The van der Waals surface area contributed by atoms with Crippen LogP contribution in [0.25, 0.3) is 88.2 Å². The average Bonchev–Trinajstić information content (AvgIpc) is 3.80. The first-order valence-electron chi connectivity index (χ1n) is 18.9. The van der Waals surface area contributed by atoms with Gasteiger partial charge in [0.25, 0.3) is 0 Å². The van der Waals surface area contributed by atoms with Crippen molar-refractivity contribution in [3.05, 3.63) is 188 Å². The molecule has 7 nitrogen and oxygen atoms in total. The average molecular weight is 922 g/mol. The minimum atomic E-state index is 0. The van der Waals surface area contributed by atoms with Crippen LogP contribution in [-0.4, -0.2) is 36.1 Å². The zero-order valence-corrected chi connectivity index (χ0v) is 33.6. The predicted octanol–water partition coefficient (Wildman–Crippen LogP) is 11.9.